The summed E-state index contributed by atoms with van der Waals surface area (Å²) < 4.78 is 0. The molecular formula is C13H22N2O4. The third-order valence-electron chi connectivity index (χ3n) is 3.74. The minimum absolute atomic E-state index is 0.264. The van der Waals surface area contributed by atoms with Crippen LogP contribution in [0, 0.1) is 5.92 Å². The summed E-state index contributed by atoms with van der Waals surface area (Å²) in [6.07, 6.45) is 0.933. The molecule has 6 heteroatoms. The van der Waals surface area contributed by atoms with Gasteiger partial charge >= 0.3 is 17.8 Å². The Labute approximate surface area is 113 Å². The van der Waals surface area contributed by atoms with Gasteiger partial charge in [0.25, 0.3) is 0 Å². The summed E-state index contributed by atoms with van der Waals surface area (Å²) in [5, 5.41) is 9.13. The van der Waals surface area contributed by atoms with Gasteiger partial charge in [0.2, 0.25) is 0 Å². The number of nitrogens with zero attached hydrogens (tertiary/aromatic N) is 2. The van der Waals surface area contributed by atoms with Gasteiger partial charge < -0.3 is 14.9 Å². The van der Waals surface area contributed by atoms with Gasteiger partial charge in [0, 0.05) is 19.6 Å². The van der Waals surface area contributed by atoms with E-state index < -0.39 is 23.3 Å². The lowest BCUT2D eigenvalue weighted by Crippen LogP contribution is -2.63. The van der Waals surface area contributed by atoms with Gasteiger partial charge in [-0.05, 0) is 19.8 Å². The fourth-order valence-corrected chi connectivity index (χ4v) is 2.00. The van der Waals surface area contributed by atoms with Crippen molar-refractivity contribution in [1.82, 2.24) is 9.80 Å². The third-order valence-corrected chi connectivity index (χ3v) is 3.74. The molecule has 0 aliphatic carbocycles. The van der Waals surface area contributed by atoms with Gasteiger partial charge in [-0.1, -0.05) is 20.3 Å². The minimum atomic E-state index is -1.35. The van der Waals surface area contributed by atoms with E-state index in [2.05, 4.69) is 0 Å². The SMILES string of the molecule is CCC(C)CN1CCN(C(C)(C)C(=O)O)C(=O)C1=O. The van der Waals surface area contributed by atoms with Crippen molar-refractivity contribution in [3.8, 4) is 0 Å². The average molecular weight is 270 g/mol. The van der Waals surface area contributed by atoms with Crippen molar-refractivity contribution in [3.05, 3.63) is 0 Å². The number of piperazine rings is 1. The minimum Gasteiger partial charge on any atom is -0.480 e. The summed E-state index contributed by atoms with van der Waals surface area (Å²) in [5.41, 5.74) is -1.35. The van der Waals surface area contributed by atoms with Gasteiger partial charge in [0.05, 0.1) is 0 Å². The smallest absolute Gasteiger partial charge is 0.329 e. The van der Waals surface area contributed by atoms with E-state index in [1.807, 2.05) is 13.8 Å². The summed E-state index contributed by atoms with van der Waals surface area (Å²) in [6, 6.07) is 0. The molecule has 1 fully saturated rings. The molecule has 1 aliphatic heterocycles. The predicted molar refractivity (Wildman–Crippen MR) is 69.5 cm³/mol. The first-order valence-electron chi connectivity index (χ1n) is 6.56. The summed E-state index contributed by atoms with van der Waals surface area (Å²) >= 11 is 0. The lowest BCUT2D eigenvalue weighted by molar-refractivity contribution is -0.167. The lowest BCUT2D eigenvalue weighted by atomic mass is 10.0. The standard InChI is InChI=1S/C13H22N2O4/c1-5-9(2)8-14-6-7-15(11(17)10(14)16)13(3,4)12(18)19/h9H,5-8H2,1-4H3,(H,18,19). The molecule has 1 unspecified atom stereocenters. The zero-order chi connectivity index (χ0) is 14.8. The van der Waals surface area contributed by atoms with Gasteiger partial charge in [-0.2, -0.15) is 0 Å². The van der Waals surface area contributed by atoms with Crippen LogP contribution in [0.15, 0.2) is 0 Å². The highest BCUT2D eigenvalue weighted by Gasteiger charge is 2.44. The molecule has 0 saturated carbocycles. The Morgan fingerprint density at radius 1 is 1.32 bits per heavy atom. The van der Waals surface area contributed by atoms with Gasteiger partial charge in [-0.25, -0.2) is 4.79 Å². The molecule has 0 radical (unpaired) electrons. The van der Waals surface area contributed by atoms with Crippen LogP contribution in [0.5, 0.6) is 0 Å². The number of carbonyl (C=O) groups excluding carboxylic acids is 2. The van der Waals surface area contributed by atoms with E-state index in [1.165, 1.54) is 18.7 Å². The molecule has 1 rings (SSSR count). The Kier molecular flexibility index (Phi) is 4.55. The first-order valence-corrected chi connectivity index (χ1v) is 6.56. The van der Waals surface area contributed by atoms with Crippen molar-refractivity contribution < 1.29 is 19.5 Å². The van der Waals surface area contributed by atoms with Crippen LogP contribution in [0.3, 0.4) is 0 Å². The zero-order valence-corrected chi connectivity index (χ0v) is 12.0. The first-order chi connectivity index (χ1) is 8.71. The summed E-state index contributed by atoms with van der Waals surface area (Å²) in [7, 11) is 0. The molecule has 1 heterocycles. The highest BCUT2D eigenvalue weighted by Crippen LogP contribution is 2.19. The second-order valence-electron chi connectivity index (χ2n) is 5.59. The zero-order valence-electron chi connectivity index (χ0n) is 12.0. The quantitative estimate of drug-likeness (QED) is 0.741. The third kappa shape index (κ3) is 3.05. The summed E-state index contributed by atoms with van der Waals surface area (Å²) in [6.45, 7) is 8.12. The van der Waals surface area contributed by atoms with Crippen molar-refractivity contribution in [2.45, 2.75) is 39.7 Å². The Morgan fingerprint density at radius 2 is 1.89 bits per heavy atom. The van der Waals surface area contributed by atoms with E-state index in [0.29, 0.717) is 19.0 Å². The van der Waals surface area contributed by atoms with E-state index in [4.69, 9.17) is 5.11 Å². The molecule has 6 nitrogen and oxygen atoms in total. The van der Waals surface area contributed by atoms with Crippen LogP contribution in [0.1, 0.15) is 34.1 Å². The number of aliphatic carboxylic acids is 1. The van der Waals surface area contributed by atoms with Crippen LogP contribution in [0.4, 0.5) is 0 Å². The number of carboxylic acids is 1. The molecular weight excluding hydrogens is 248 g/mol. The number of carboxylic acid groups (broad SMARTS) is 1. The molecule has 0 bridgehead atoms. The monoisotopic (exact) mass is 270 g/mol. The molecule has 1 N–H and O–H groups in total. The highest BCUT2D eigenvalue weighted by atomic mass is 16.4. The van der Waals surface area contributed by atoms with Crippen LogP contribution in [-0.2, 0) is 14.4 Å². The molecule has 0 aromatic carbocycles. The second-order valence-corrected chi connectivity index (χ2v) is 5.59. The Bertz CT molecular complexity index is 392. The molecule has 0 aromatic rings. The van der Waals surface area contributed by atoms with Crippen molar-refractivity contribution in [3.63, 3.8) is 0 Å². The van der Waals surface area contributed by atoms with Crippen molar-refractivity contribution >= 4 is 17.8 Å². The van der Waals surface area contributed by atoms with E-state index in [-0.39, 0.29) is 6.54 Å². The molecule has 1 saturated heterocycles. The maximum Gasteiger partial charge on any atom is 0.329 e. The molecule has 108 valence electrons. The van der Waals surface area contributed by atoms with Crippen molar-refractivity contribution in [2.24, 2.45) is 5.92 Å². The number of carbonyl (C=O) groups is 3. The van der Waals surface area contributed by atoms with Gasteiger partial charge in [-0.3, -0.25) is 9.59 Å². The fourth-order valence-electron chi connectivity index (χ4n) is 2.00. The van der Waals surface area contributed by atoms with Crippen molar-refractivity contribution in [2.75, 3.05) is 19.6 Å². The number of rotatable bonds is 5. The van der Waals surface area contributed by atoms with E-state index in [9.17, 15) is 14.4 Å². The van der Waals surface area contributed by atoms with Crippen LogP contribution in [0.2, 0.25) is 0 Å². The molecule has 0 spiro atoms. The van der Waals surface area contributed by atoms with E-state index in [0.717, 1.165) is 11.3 Å². The predicted octanol–water partition coefficient (Wildman–Crippen LogP) is 0.566. The maximum atomic E-state index is 12.0. The number of hydrogen-bond donors (Lipinski definition) is 1. The first kappa shape index (κ1) is 15.5. The largest absolute Gasteiger partial charge is 0.480 e. The highest BCUT2D eigenvalue weighted by molar-refractivity contribution is 6.36. The van der Waals surface area contributed by atoms with Crippen LogP contribution in [0.25, 0.3) is 0 Å². The molecule has 2 amide bonds. The van der Waals surface area contributed by atoms with Crippen LogP contribution in [-0.4, -0.2) is 57.9 Å². The Hall–Kier alpha value is -1.59. The topological polar surface area (TPSA) is 77.9 Å². The number of amides is 2. The maximum absolute atomic E-state index is 12.0. The van der Waals surface area contributed by atoms with Gasteiger partial charge in [-0.15, -0.1) is 0 Å². The average Bonchev–Trinajstić information content (AvgIpc) is 2.34. The molecule has 0 aromatic heterocycles. The van der Waals surface area contributed by atoms with Crippen molar-refractivity contribution in [1.29, 1.82) is 0 Å². The lowest BCUT2D eigenvalue weighted by Gasteiger charge is -2.41. The van der Waals surface area contributed by atoms with Gasteiger partial charge in [0.15, 0.2) is 0 Å². The number of hydrogen-bond acceptors (Lipinski definition) is 3. The summed E-state index contributed by atoms with van der Waals surface area (Å²) in [4.78, 5) is 37.8. The van der Waals surface area contributed by atoms with E-state index >= 15 is 0 Å². The Balaban J connectivity index is 2.81. The Morgan fingerprint density at radius 3 is 2.37 bits per heavy atom. The normalized spacial score (nSPS) is 18.7. The molecule has 1 atom stereocenters. The van der Waals surface area contributed by atoms with Gasteiger partial charge in [0.1, 0.15) is 5.54 Å². The summed E-state index contributed by atoms with van der Waals surface area (Å²) in [5.74, 6) is -2.09. The second kappa shape index (κ2) is 5.59. The molecule has 1 aliphatic rings. The molecule has 19 heavy (non-hydrogen) atoms. The fraction of sp³-hybridized carbons (Fsp3) is 0.769. The van der Waals surface area contributed by atoms with Crippen LogP contribution < -0.4 is 0 Å². The van der Waals surface area contributed by atoms with E-state index in [1.54, 1.807) is 0 Å². The van der Waals surface area contributed by atoms with Crippen LogP contribution >= 0.6 is 0 Å².